The first-order valence-electron chi connectivity index (χ1n) is 11.4. The normalized spacial score (nSPS) is 14.3. The molecule has 2 heterocycles. The van der Waals surface area contributed by atoms with Gasteiger partial charge in [0.1, 0.15) is 18.1 Å². The van der Waals surface area contributed by atoms with Gasteiger partial charge in [-0.25, -0.2) is 0 Å². The first-order chi connectivity index (χ1) is 16.4. The molecule has 7 heteroatoms. The number of amides is 1. The number of rotatable bonds is 8. The van der Waals surface area contributed by atoms with Crippen molar-refractivity contribution in [2.75, 3.05) is 13.1 Å². The van der Waals surface area contributed by atoms with E-state index in [1.807, 2.05) is 24.3 Å². The number of aliphatic imine (C=N–C) groups is 1. The van der Waals surface area contributed by atoms with Crippen molar-refractivity contribution in [1.29, 1.82) is 5.41 Å². The van der Waals surface area contributed by atoms with Crippen LogP contribution in [0, 0.1) is 5.41 Å². The summed E-state index contributed by atoms with van der Waals surface area (Å²) in [5.74, 6) is 0.301. The molecule has 0 aliphatic carbocycles. The van der Waals surface area contributed by atoms with Crippen molar-refractivity contribution in [3.05, 3.63) is 95.3 Å². The minimum Gasteiger partial charge on any atom is -0.489 e. The summed E-state index contributed by atoms with van der Waals surface area (Å²) < 4.78 is 6.87. The first-order valence-corrected chi connectivity index (χ1v) is 11.4. The molecule has 0 saturated carbocycles. The van der Waals surface area contributed by atoms with E-state index in [0.717, 1.165) is 15.9 Å². The second kappa shape index (κ2) is 10.3. The maximum atomic E-state index is 12.6. The maximum Gasteiger partial charge on any atom is 0.266 e. The lowest BCUT2D eigenvalue weighted by Crippen LogP contribution is -2.42. The zero-order chi connectivity index (χ0) is 24.1. The van der Waals surface area contributed by atoms with E-state index in [9.17, 15) is 10.0 Å². The van der Waals surface area contributed by atoms with Crippen LogP contribution in [0.5, 0.6) is 5.75 Å². The summed E-state index contributed by atoms with van der Waals surface area (Å²) in [7, 11) is 0. The number of nitrogens with one attached hydrogen (secondary N) is 2. The Morgan fingerprint density at radius 1 is 1.06 bits per heavy atom. The molecule has 4 rings (SSSR count). The highest BCUT2D eigenvalue weighted by atomic mass is 16.5. The molecule has 174 valence electrons. The fraction of sp³-hybridized carbons (Fsp3) is 0.259. The molecule has 34 heavy (non-hydrogen) atoms. The van der Waals surface area contributed by atoms with Crippen molar-refractivity contribution in [2.24, 2.45) is 4.99 Å². The third kappa shape index (κ3) is 5.31. The number of carbonyl (C=O) groups excluding carboxylic acids is 1. The molecule has 1 aliphatic heterocycles. The SMILES string of the molecule is CC(C)c1ccc(COc2ccc(C(C(=N)c3cc[n+](O)cc3)C3=NCCNC3=O)cc2)cc1. The van der Waals surface area contributed by atoms with Gasteiger partial charge in [-0.1, -0.05) is 50.2 Å². The van der Waals surface area contributed by atoms with Gasteiger partial charge in [-0.3, -0.25) is 15.0 Å². The fourth-order valence-electron chi connectivity index (χ4n) is 3.88. The standard InChI is InChI=1S/C27H28N4O3/c1-18(2)20-5-3-19(4-6-20)17-34-23-9-7-21(8-10-23)24(26-27(32)30-14-13-29-26)25(28)22-11-15-31(33)16-12-22/h3-12,15-16,18,24H,13-14,17H2,1-2H3,(H2-,28,30,32,33)/p+1. The lowest BCUT2D eigenvalue weighted by atomic mass is 9.85. The molecule has 1 aliphatic rings. The van der Waals surface area contributed by atoms with Gasteiger partial charge < -0.3 is 15.5 Å². The molecule has 2 aromatic carbocycles. The summed E-state index contributed by atoms with van der Waals surface area (Å²) in [5.41, 5.74) is 4.30. The molecule has 3 N–H and O–H groups in total. The van der Waals surface area contributed by atoms with E-state index >= 15 is 0 Å². The number of pyridine rings is 1. The molecule has 0 saturated heterocycles. The highest BCUT2D eigenvalue weighted by molar-refractivity contribution is 6.46. The summed E-state index contributed by atoms with van der Waals surface area (Å²) in [5, 5.41) is 21.2. The van der Waals surface area contributed by atoms with Crippen molar-refractivity contribution in [3.63, 3.8) is 0 Å². The molecule has 0 bridgehead atoms. The van der Waals surface area contributed by atoms with Crippen LogP contribution in [0.4, 0.5) is 0 Å². The second-order valence-electron chi connectivity index (χ2n) is 8.59. The monoisotopic (exact) mass is 457 g/mol. The highest BCUT2D eigenvalue weighted by Gasteiger charge is 2.31. The Balaban J connectivity index is 1.54. The van der Waals surface area contributed by atoms with Crippen LogP contribution in [0.3, 0.4) is 0 Å². The summed E-state index contributed by atoms with van der Waals surface area (Å²) in [6.45, 7) is 5.76. The molecular formula is C27H29N4O3+. The quantitative estimate of drug-likeness (QED) is 0.274. The Morgan fingerprint density at radius 3 is 2.32 bits per heavy atom. The molecule has 1 atom stereocenters. The third-order valence-electron chi connectivity index (χ3n) is 5.86. The van der Waals surface area contributed by atoms with Crippen LogP contribution in [0.15, 0.2) is 78.0 Å². The van der Waals surface area contributed by atoms with Gasteiger partial charge in [0.05, 0.1) is 18.2 Å². The fourth-order valence-corrected chi connectivity index (χ4v) is 3.88. The number of carbonyl (C=O) groups is 1. The maximum absolute atomic E-state index is 12.6. The molecule has 1 unspecified atom stereocenters. The number of hydrogen-bond donors (Lipinski definition) is 3. The first kappa shape index (κ1) is 23.2. The van der Waals surface area contributed by atoms with Gasteiger partial charge >= 0.3 is 0 Å². The number of nitrogens with zero attached hydrogens (tertiary/aromatic N) is 2. The second-order valence-corrected chi connectivity index (χ2v) is 8.59. The van der Waals surface area contributed by atoms with E-state index in [1.54, 1.807) is 12.1 Å². The number of hydrogen-bond acceptors (Lipinski definition) is 5. The Labute approximate surface area is 199 Å². The third-order valence-corrected chi connectivity index (χ3v) is 5.86. The Bertz CT molecular complexity index is 1180. The van der Waals surface area contributed by atoms with Crippen molar-refractivity contribution in [3.8, 4) is 5.75 Å². The molecule has 3 aromatic rings. The lowest BCUT2D eigenvalue weighted by Gasteiger charge is -2.23. The van der Waals surface area contributed by atoms with Crippen molar-refractivity contribution < 1.29 is 19.5 Å². The predicted molar refractivity (Wildman–Crippen MR) is 130 cm³/mol. The van der Waals surface area contributed by atoms with Crippen LogP contribution in [-0.4, -0.2) is 35.6 Å². The van der Waals surface area contributed by atoms with Crippen molar-refractivity contribution >= 4 is 17.3 Å². The van der Waals surface area contributed by atoms with Gasteiger partial charge in [0.15, 0.2) is 0 Å². The molecule has 0 radical (unpaired) electrons. The average Bonchev–Trinajstić information content (AvgIpc) is 2.85. The minimum absolute atomic E-state index is 0.232. The predicted octanol–water partition coefficient (Wildman–Crippen LogP) is 3.64. The van der Waals surface area contributed by atoms with E-state index in [1.165, 1.54) is 18.0 Å². The van der Waals surface area contributed by atoms with E-state index in [2.05, 4.69) is 48.4 Å². The molecular weight excluding hydrogens is 428 g/mol. The Kier molecular flexibility index (Phi) is 7.01. The Morgan fingerprint density at radius 2 is 1.71 bits per heavy atom. The molecule has 1 amide bonds. The molecule has 1 aromatic heterocycles. The van der Waals surface area contributed by atoms with Crippen molar-refractivity contribution in [2.45, 2.75) is 32.3 Å². The minimum atomic E-state index is -0.632. The van der Waals surface area contributed by atoms with E-state index < -0.39 is 5.92 Å². The van der Waals surface area contributed by atoms with E-state index in [4.69, 9.17) is 10.1 Å². The average molecular weight is 458 g/mol. The van der Waals surface area contributed by atoms with Crippen LogP contribution >= 0.6 is 0 Å². The summed E-state index contributed by atoms with van der Waals surface area (Å²) >= 11 is 0. The highest BCUT2D eigenvalue weighted by Crippen LogP contribution is 2.26. The lowest BCUT2D eigenvalue weighted by molar-refractivity contribution is -0.904. The van der Waals surface area contributed by atoms with Crippen LogP contribution in [0.25, 0.3) is 0 Å². The van der Waals surface area contributed by atoms with Crippen LogP contribution in [-0.2, 0) is 11.4 Å². The van der Waals surface area contributed by atoms with Gasteiger partial charge in [-0.05, 0) is 34.7 Å². The smallest absolute Gasteiger partial charge is 0.266 e. The Hall–Kier alpha value is -4.00. The number of benzene rings is 2. The van der Waals surface area contributed by atoms with Crippen LogP contribution < -0.4 is 14.8 Å². The topological polar surface area (TPSA) is 98.7 Å². The summed E-state index contributed by atoms with van der Waals surface area (Å²) in [6.07, 6.45) is 2.91. The zero-order valence-electron chi connectivity index (χ0n) is 19.4. The van der Waals surface area contributed by atoms with Crippen LogP contribution in [0.2, 0.25) is 0 Å². The van der Waals surface area contributed by atoms with Gasteiger partial charge in [-0.15, -0.1) is 0 Å². The van der Waals surface area contributed by atoms with E-state index in [-0.39, 0.29) is 11.6 Å². The van der Waals surface area contributed by atoms with Crippen LogP contribution in [0.1, 0.15) is 47.9 Å². The summed E-state index contributed by atoms with van der Waals surface area (Å²) in [4.78, 5) is 17.0. The summed E-state index contributed by atoms with van der Waals surface area (Å²) in [6, 6.07) is 19.1. The van der Waals surface area contributed by atoms with Gasteiger partial charge in [0.25, 0.3) is 5.91 Å². The molecule has 0 spiro atoms. The van der Waals surface area contributed by atoms with Gasteiger partial charge in [0.2, 0.25) is 12.4 Å². The number of aromatic nitrogens is 1. The van der Waals surface area contributed by atoms with E-state index in [0.29, 0.717) is 42.6 Å². The molecule has 0 fully saturated rings. The molecule has 7 nitrogen and oxygen atoms in total. The number of ether oxygens (including phenoxy) is 1. The van der Waals surface area contributed by atoms with Crippen molar-refractivity contribution in [1.82, 2.24) is 5.32 Å². The zero-order valence-corrected chi connectivity index (χ0v) is 19.4. The van der Waals surface area contributed by atoms with Gasteiger partial charge in [-0.2, -0.15) is 0 Å². The largest absolute Gasteiger partial charge is 0.489 e. The van der Waals surface area contributed by atoms with Gasteiger partial charge in [0, 0.05) is 29.0 Å².